The summed E-state index contributed by atoms with van der Waals surface area (Å²) in [6.07, 6.45) is 8.67. The summed E-state index contributed by atoms with van der Waals surface area (Å²) in [6.45, 7) is 31.6. The lowest BCUT2D eigenvalue weighted by atomic mass is 9.74. The van der Waals surface area contributed by atoms with E-state index < -0.39 is 22.6 Å². The Balaban J connectivity index is 0.000000247. The number of nitrogens with zero attached hydrogens (tertiary/aromatic N) is 4. The molecule has 1 atom stereocenters. The molecule has 12 rings (SSSR count). The second kappa shape index (κ2) is 61.4. The number of phenols is 2. The molecule has 150 heavy (non-hydrogen) atoms. The number of aromatic hydroxyl groups is 2. The zero-order chi connectivity index (χ0) is 107. The number of ether oxygens (including phenoxy) is 6. The molecule has 6 heterocycles. The molecule has 3 saturated heterocycles. The Bertz CT molecular complexity index is 8110. The Morgan fingerprint density at radius 2 is 0.713 bits per heavy atom. The topological polar surface area (TPSA) is 201 Å². The third-order valence-corrected chi connectivity index (χ3v) is 22.5. The minimum atomic E-state index is -0.715. The van der Waals surface area contributed by atoms with Crippen LogP contribution in [-0.2, 0) is 9.47 Å². The van der Waals surface area contributed by atoms with Gasteiger partial charge in [0.05, 0.1) is 0 Å². The lowest BCUT2D eigenvalue weighted by Gasteiger charge is -2.45. The molecule has 0 aliphatic carbocycles. The maximum absolute atomic E-state index is 14.5. The molecule has 21 heteroatoms. The predicted octanol–water partition coefficient (Wildman–Crippen LogP) is 22.6. The van der Waals surface area contributed by atoms with Gasteiger partial charge >= 0.3 is 6.09 Å². The molecule has 4 amide bonds. The van der Waals surface area contributed by atoms with E-state index in [-0.39, 0.29) is 72.7 Å². The highest BCUT2D eigenvalue weighted by atomic mass is 19.1. The van der Waals surface area contributed by atoms with Crippen LogP contribution in [-0.4, -0.2) is 168 Å². The van der Waals surface area contributed by atoms with Crippen LogP contribution in [0.5, 0.6) is 34.5 Å². The standard InChI is InChI=1S/C49H4.C31H39FN2O6.C24H29FN2O3.C24H27FN2O3.CH4/c1-3-5-7-9-11-13-15-17-19-21-23-25-27-29-31-33-35-37-39-41-43-45-47-49-48-46-44-42-40-38-36-34-32-30-28-26-24-22-20-18-16-14-12-10-8-6-4-2;1-7-33(8-2)28(35)21-9-11-23(27(17-21)38-20-37-6)25-19-31(39-26-12-10-22(32)18-24(25)26)13-15-34(16-14-31)29(36)40-30(3,4)5;2*1-3-27(4-2)23(29)16-5-7-18(21(28)13-16)20-15-24(9-11-26-12-10-24)30-22-8-6-17(25)14-19(20)22;/h1-2H2;9-12,17-19H,7-8,13-16,20H2,1-6H3;5-8,13-14,20,26,28H,3-4,9-12,15H2,1-2H3;5-8,13-15,26,28H,3-4,9-12H2,1-2H3;1H4. The third-order valence-electron chi connectivity index (χ3n) is 22.5. The van der Waals surface area contributed by atoms with Gasteiger partial charge in [0.25, 0.3) is 17.7 Å². The van der Waals surface area contributed by atoms with Crippen molar-refractivity contribution in [2.45, 2.75) is 143 Å². The summed E-state index contributed by atoms with van der Waals surface area (Å²) in [6, 6.07) is 28.9. The zero-order valence-corrected chi connectivity index (χ0v) is 84.1. The average molecular weight is 1990 g/mol. The van der Waals surface area contributed by atoms with Crippen LogP contribution in [0.3, 0.4) is 0 Å². The van der Waals surface area contributed by atoms with Gasteiger partial charge in [-0.05, 0) is 339 Å². The Morgan fingerprint density at radius 1 is 0.393 bits per heavy atom. The van der Waals surface area contributed by atoms with Gasteiger partial charge in [-0.25, -0.2) is 18.0 Å². The first-order chi connectivity index (χ1) is 72.3. The van der Waals surface area contributed by atoms with E-state index in [0.717, 1.165) is 68.6 Å². The number of fused-ring (bicyclic) bond motifs is 3. The van der Waals surface area contributed by atoms with Crippen molar-refractivity contribution < 1.29 is 71.0 Å². The van der Waals surface area contributed by atoms with Crippen molar-refractivity contribution in [3.63, 3.8) is 0 Å². The Kier molecular flexibility index (Phi) is 47.3. The Morgan fingerprint density at radius 3 is 1.06 bits per heavy atom. The third kappa shape index (κ3) is 36.3. The van der Waals surface area contributed by atoms with Gasteiger partial charge in [-0.1, -0.05) is 25.0 Å². The summed E-state index contributed by atoms with van der Waals surface area (Å²) in [5, 5.41) is 28.4. The molecule has 6 aliphatic heterocycles. The first-order valence-electron chi connectivity index (χ1n) is 47.2. The molecule has 742 valence electrons. The number of amides is 4. The molecule has 1 unspecified atom stereocenters. The van der Waals surface area contributed by atoms with Crippen LogP contribution >= 0.6 is 0 Å². The van der Waals surface area contributed by atoms with Gasteiger partial charge in [-0.3, -0.25) is 14.4 Å². The van der Waals surface area contributed by atoms with Crippen molar-refractivity contribution in [2.75, 3.05) is 92.4 Å². The highest BCUT2D eigenvalue weighted by Gasteiger charge is 2.45. The summed E-state index contributed by atoms with van der Waals surface area (Å²) >= 11 is 0. The van der Waals surface area contributed by atoms with Crippen molar-refractivity contribution in [1.82, 2.24) is 30.2 Å². The van der Waals surface area contributed by atoms with E-state index in [4.69, 9.17) is 28.4 Å². The molecule has 0 aromatic heterocycles. The Hall–Kier alpha value is -19.6. The molecule has 6 aromatic carbocycles. The minimum Gasteiger partial charge on any atom is -0.508 e. The van der Waals surface area contributed by atoms with Crippen molar-refractivity contribution >= 4 is 35.0 Å². The number of rotatable bonds is 15. The number of hydrogen-bond acceptors (Lipinski definition) is 14. The number of nitrogens with one attached hydrogen (secondary N) is 2. The molecule has 0 bridgehead atoms. The van der Waals surface area contributed by atoms with Crippen molar-refractivity contribution in [2.24, 2.45) is 0 Å². The first-order valence-corrected chi connectivity index (χ1v) is 47.2. The molecule has 6 aromatic rings. The molecule has 3 spiro atoms. The van der Waals surface area contributed by atoms with Gasteiger partial charge in [0, 0.05) is 307 Å². The zero-order valence-electron chi connectivity index (χ0n) is 84.1. The summed E-state index contributed by atoms with van der Waals surface area (Å²) < 4.78 is 78.5. The maximum atomic E-state index is 14.5. The number of carbonyl (C=O) groups excluding carboxylic acids is 4. The first kappa shape index (κ1) is 116. The van der Waals surface area contributed by atoms with Gasteiger partial charge in [-0.15, -0.1) is 0 Å². The van der Waals surface area contributed by atoms with Crippen molar-refractivity contribution in [3.05, 3.63) is 471 Å². The normalized spacial score (nSPS) is 12.9. The Labute approximate surface area is 872 Å². The van der Waals surface area contributed by atoms with Crippen molar-refractivity contribution in [1.29, 1.82) is 0 Å². The van der Waals surface area contributed by atoms with Crippen molar-refractivity contribution in [3.8, 4) is 34.5 Å². The highest BCUT2D eigenvalue weighted by Crippen LogP contribution is 2.51. The van der Waals surface area contributed by atoms with Crippen LogP contribution < -0.4 is 29.6 Å². The van der Waals surface area contributed by atoms with E-state index in [2.05, 4.69) is 293 Å². The van der Waals surface area contributed by atoms with Crippen LogP contribution in [0.25, 0.3) is 11.1 Å². The van der Waals surface area contributed by atoms with Crippen LogP contribution in [0.4, 0.5) is 18.0 Å². The smallest absolute Gasteiger partial charge is 0.410 e. The van der Waals surface area contributed by atoms with Gasteiger partial charge in [0.1, 0.15) is 74.4 Å². The second-order valence-corrected chi connectivity index (χ2v) is 33.1. The molecular formula is C129H103F3N6O12. The molecular weight excluding hydrogens is 1880 g/mol. The maximum Gasteiger partial charge on any atom is 0.410 e. The van der Waals surface area contributed by atoms with Crippen LogP contribution in [0.15, 0.2) is 404 Å². The lowest BCUT2D eigenvalue weighted by Crippen LogP contribution is -2.50. The summed E-state index contributed by atoms with van der Waals surface area (Å²) in [5.74, 6) is 0.757. The second-order valence-electron chi connectivity index (χ2n) is 33.1. The number of hydrogen-bond donors (Lipinski definition) is 4. The van der Waals surface area contributed by atoms with E-state index in [1.165, 1.54) is 49.6 Å². The minimum absolute atomic E-state index is 0. The number of methoxy groups -OCH3 is 1. The molecule has 3 fully saturated rings. The fourth-order valence-corrected chi connectivity index (χ4v) is 15.6. The number of phenolic OH excluding ortho intramolecular Hbond substituents is 2. The summed E-state index contributed by atoms with van der Waals surface area (Å²) in [4.78, 5) is 57.9. The van der Waals surface area contributed by atoms with Gasteiger partial charge in [0.2, 0.25) is 0 Å². The van der Waals surface area contributed by atoms with E-state index in [9.17, 15) is 42.6 Å². The number of piperidine rings is 3. The van der Waals surface area contributed by atoms with E-state index in [1.54, 1.807) is 74.2 Å². The molecule has 0 radical (unpaired) electrons. The lowest BCUT2D eigenvalue weighted by molar-refractivity contribution is -0.00128. The quantitative estimate of drug-likeness (QED) is 0.0559. The van der Waals surface area contributed by atoms with Gasteiger partial charge < -0.3 is 68.9 Å². The number of benzene rings is 6. The molecule has 6 aliphatic rings. The molecule has 18 nitrogen and oxygen atoms in total. The van der Waals surface area contributed by atoms with E-state index >= 15 is 0 Å². The van der Waals surface area contributed by atoms with Crippen LogP contribution in [0.2, 0.25) is 0 Å². The van der Waals surface area contributed by atoms with E-state index in [1.807, 2.05) is 86.6 Å². The fourth-order valence-electron chi connectivity index (χ4n) is 15.6. The highest BCUT2D eigenvalue weighted by molar-refractivity contribution is 5.98. The average Bonchev–Trinajstić information content (AvgIpc) is 0.745. The molecule has 0 saturated carbocycles. The van der Waals surface area contributed by atoms with Crippen LogP contribution in [0, 0.1) is 17.5 Å². The van der Waals surface area contributed by atoms with Gasteiger partial charge in [-0.2, -0.15) is 0 Å². The number of halogens is 3. The SMILES string of the molecule is C.C=C=C=C=C=C=C=C=C=C=C=C=C=C=C=C=C=C=C=C=C=C=C=C=C=C=C=C=C=C=C=C=C=C=C=C=C=C=C=C=C=C=C=C=C=C=C=C=C.CCN(CC)C(=O)c1ccc(C2=CC3(CCN(C(=O)OC(C)(C)C)CC3)Oc3ccc(F)cc32)c(OCOC)c1.CCN(CC)C(=O)c1ccc(C2=CC3(CCNCC3)Oc3ccc(F)cc32)c(O)c1.CCN(CC)C(=O)c1ccc(C2CC3(CCNCC3)Oc3ccc(F)cc32)c(O)c1. The summed E-state index contributed by atoms with van der Waals surface area (Å²) in [5.41, 5.74) is 122. The van der Waals surface area contributed by atoms with Crippen LogP contribution in [0.1, 0.15) is 185 Å². The largest absolute Gasteiger partial charge is 0.508 e. The van der Waals surface area contributed by atoms with Gasteiger partial charge in [0.15, 0.2) is 6.79 Å². The number of likely N-dealkylation sites (tertiary alicyclic amines) is 1. The van der Waals surface area contributed by atoms with E-state index in [0.29, 0.717) is 139 Å². The molecule has 4 N–H and O–H groups in total. The predicted molar refractivity (Wildman–Crippen MR) is 561 cm³/mol. The summed E-state index contributed by atoms with van der Waals surface area (Å²) in [7, 11) is 1.52. The number of carbonyl (C=O) groups is 4. The fraction of sp³-hybridized carbons (Fsp3) is 0.279. The monoisotopic (exact) mass is 1980 g/mol.